The van der Waals surface area contributed by atoms with E-state index in [-0.39, 0.29) is 42.3 Å². The Morgan fingerprint density at radius 2 is 1.63 bits per heavy atom. The second kappa shape index (κ2) is 19.2. The molecule has 12 atom stereocenters. The van der Waals surface area contributed by atoms with Gasteiger partial charge in [-0.25, -0.2) is 4.98 Å². The number of thioether (sulfide) groups is 2. The van der Waals surface area contributed by atoms with E-state index in [1.807, 2.05) is 46.9 Å². The molecular weight excluding hydrogens is 709 g/mol. The van der Waals surface area contributed by atoms with Gasteiger partial charge in [-0.15, -0.1) is 34.9 Å². The lowest BCUT2D eigenvalue weighted by atomic mass is 9.80. The summed E-state index contributed by atoms with van der Waals surface area (Å²) in [6.07, 6.45) is 0.436. The molecule has 0 aromatic carbocycles. The zero-order valence-corrected chi connectivity index (χ0v) is 34.8. The Morgan fingerprint density at radius 3 is 2.24 bits per heavy atom. The number of carbonyl (C=O) groups is 2. The van der Waals surface area contributed by atoms with Gasteiger partial charge in [-0.05, 0) is 46.0 Å². The second-order valence-electron chi connectivity index (χ2n) is 14.9. The Kier molecular flexibility index (Phi) is 16.5. The summed E-state index contributed by atoms with van der Waals surface area (Å²) in [4.78, 5) is 41.1. The van der Waals surface area contributed by atoms with Crippen LogP contribution < -0.4 is 5.32 Å². The van der Waals surface area contributed by atoms with Gasteiger partial charge in [-0.3, -0.25) is 19.6 Å². The maximum Gasteiger partial charge on any atom is 0.311 e. The summed E-state index contributed by atoms with van der Waals surface area (Å²) >= 11 is 4.68. The Bertz CT molecular complexity index is 1380. The average molecular weight is 771 g/mol. The van der Waals surface area contributed by atoms with Gasteiger partial charge in [0.2, 0.25) is 5.91 Å². The van der Waals surface area contributed by atoms with Crippen LogP contribution in [0.1, 0.15) is 99.2 Å². The first-order chi connectivity index (χ1) is 24.0. The summed E-state index contributed by atoms with van der Waals surface area (Å²) in [6, 6.07) is -0.641. The van der Waals surface area contributed by atoms with Gasteiger partial charge >= 0.3 is 5.97 Å². The molecule has 0 saturated heterocycles. The molecule has 0 spiro atoms. The van der Waals surface area contributed by atoms with Crippen molar-refractivity contribution in [1.82, 2.24) is 10.3 Å². The minimum atomic E-state index is -1.11. The number of methoxy groups -OCH3 is 1. The number of thiazole rings is 1. The lowest BCUT2D eigenvalue weighted by Crippen LogP contribution is -2.56. The van der Waals surface area contributed by atoms with E-state index < -0.39 is 47.3 Å². The number of aliphatic hydroxyl groups is 3. The van der Waals surface area contributed by atoms with Gasteiger partial charge in [-0.1, -0.05) is 54.4 Å². The van der Waals surface area contributed by atoms with Gasteiger partial charge in [0.1, 0.15) is 21.8 Å². The van der Waals surface area contributed by atoms with Crippen LogP contribution in [0.15, 0.2) is 15.4 Å². The van der Waals surface area contributed by atoms with Crippen LogP contribution in [0.3, 0.4) is 0 Å². The molecule has 14 heteroatoms. The van der Waals surface area contributed by atoms with E-state index in [1.54, 1.807) is 39.6 Å². The molecule has 290 valence electrons. The number of nitrogens with zero attached hydrogens (tertiary/aromatic N) is 3. The predicted molar refractivity (Wildman–Crippen MR) is 210 cm³/mol. The molecule has 0 aliphatic carbocycles. The average Bonchev–Trinajstić information content (AvgIpc) is 3.86. The van der Waals surface area contributed by atoms with Gasteiger partial charge in [0, 0.05) is 42.3 Å². The predicted octanol–water partition coefficient (Wildman–Crippen LogP) is 5.38. The van der Waals surface area contributed by atoms with Crippen molar-refractivity contribution in [3.63, 3.8) is 0 Å². The molecule has 0 fully saturated rings. The smallest absolute Gasteiger partial charge is 0.311 e. The SMILES string of the molecule is CCCC(C)C(O)C(C)C(O)C(C)C(Cc1nc(C2=NC(C)(C3=NC(C)(C(=O)NC(C(C)CC)C(O)C(C)C(=O)OCC)CS3)CS2)cs1)OC. The fraction of sp³-hybridized carbons (Fsp3) is 0.811. The lowest BCUT2D eigenvalue weighted by molar-refractivity contribution is -0.153. The molecule has 11 nitrogen and oxygen atoms in total. The maximum absolute atomic E-state index is 13.8. The molecule has 2 aliphatic heterocycles. The van der Waals surface area contributed by atoms with Crippen molar-refractivity contribution < 1.29 is 34.4 Å². The van der Waals surface area contributed by atoms with Crippen LogP contribution >= 0.6 is 34.9 Å². The number of amides is 1. The number of esters is 1. The van der Waals surface area contributed by atoms with Gasteiger partial charge in [0.25, 0.3) is 0 Å². The molecule has 0 saturated carbocycles. The van der Waals surface area contributed by atoms with Crippen molar-refractivity contribution in [2.45, 2.75) is 136 Å². The maximum atomic E-state index is 13.8. The highest BCUT2D eigenvalue weighted by molar-refractivity contribution is 8.16. The van der Waals surface area contributed by atoms with Crippen molar-refractivity contribution in [1.29, 1.82) is 0 Å². The topological polar surface area (TPSA) is 163 Å². The van der Waals surface area contributed by atoms with E-state index >= 15 is 0 Å². The fourth-order valence-electron chi connectivity index (χ4n) is 6.68. The summed E-state index contributed by atoms with van der Waals surface area (Å²) in [5, 5.41) is 40.7. The highest BCUT2D eigenvalue weighted by atomic mass is 32.2. The number of hydrogen-bond donors (Lipinski definition) is 4. The number of hydrogen-bond acceptors (Lipinski definition) is 13. The number of nitrogens with one attached hydrogen (secondary N) is 1. The van der Waals surface area contributed by atoms with E-state index in [0.29, 0.717) is 24.3 Å². The van der Waals surface area contributed by atoms with Crippen molar-refractivity contribution in [2.24, 2.45) is 39.6 Å². The summed E-state index contributed by atoms with van der Waals surface area (Å²) < 4.78 is 11.0. The van der Waals surface area contributed by atoms with Gasteiger partial charge in [0.05, 0.1) is 53.0 Å². The van der Waals surface area contributed by atoms with Crippen LogP contribution in [0.2, 0.25) is 0 Å². The quantitative estimate of drug-likeness (QED) is 0.127. The summed E-state index contributed by atoms with van der Waals surface area (Å²) in [5.41, 5.74) is -0.898. The largest absolute Gasteiger partial charge is 0.466 e. The van der Waals surface area contributed by atoms with Gasteiger partial charge in [-0.2, -0.15) is 0 Å². The third-order valence-corrected chi connectivity index (χ3v) is 14.4. The van der Waals surface area contributed by atoms with Crippen LogP contribution in [0.5, 0.6) is 0 Å². The number of aromatic nitrogens is 1. The number of ether oxygens (including phenoxy) is 2. The minimum absolute atomic E-state index is 0.0795. The summed E-state index contributed by atoms with van der Waals surface area (Å²) in [6.45, 7) is 19.3. The van der Waals surface area contributed by atoms with Crippen LogP contribution in [0.4, 0.5) is 0 Å². The highest BCUT2D eigenvalue weighted by Crippen LogP contribution is 2.41. The van der Waals surface area contributed by atoms with Gasteiger partial charge in [0.15, 0.2) is 0 Å². The van der Waals surface area contributed by atoms with Crippen LogP contribution in [0.25, 0.3) is 0 Å². The normalized spacial score (nSPS) is 26.5. The van der Waals surface area contributed by atoms with E-state index in [2.05, 4.69) is 12.2 Å². The molecule has 1 aromatic heterocycles. The fourth-order valence-corrected chi connectivity index (χ4v) is 10.1. The lowest BCUT2D eigenvalue weighted by Gasteiger charge is -2.34. The molecule has 12 unspecified atom stereocenters. The monoisotopic (exact) mass is 770 g/mol. The molecule has 3 heterocycles. The van der Waals surface area contributed by atoms with E-state index in [9.17, 15) is 24.9 Å². The molecule has 1 aromatic rings. The number of carbonyl (C=O) groups excluding carboxylic acids is 2. The zero-order valence-electron chi connectivity index (χ0n) is 32.3. The third kappa shape index (κ3) is 10.6. The summed E-state index contributed by atoms with van der Waals surface area (Å²) in [5.74, 6) is -0.951. The zero-order chi connectivity index (χ0) is 38.3. The molecule has 3 rings (SSSR count). The standard InChI is InChI=1S/C37H62N4O7S3/c1-12-15-21(5)29(42)23(7)30(43)22(6)26(47-11)16-27-38-25(17-49-27)32-40-37(10,19-50-32)35-41-36(9,18-51-35)34(46)39-28(20(4)13-2)31(44)24(8)33(45)48-14-3/h17,20-24,26,28-31,42-44H,12-16,18-19H2,1-11H3,(H,39,46). The number of rotatable bonds is 20. The minimum Gasteiger partial charge on any atom is -0.466 e. The molecule has 51 heavy (non-hydrogen) atoms. The Morgan fingerprint density at radius 1 is 0.941 bits per heavy atom. The Balaban J connectivity index is 1.72. The third-order valence-electron chi connectivity index (χ3n) is 10.7. The number of aliphatic hydroxyl groups excluding tert-OH is 3. The highest BCUT2D eigenvalue weighted by Gasteiger charge is 2.47. The second-order valence-corrected chi connectivity index (χ2v) is 17.8. The van der Waals surface area contributed by atoms with E-state index in [0.717, 1.165) is 33.6 Å². The molecule has 0 radical (unpaired) electrons. The van der Waals surface area contributed by atoms with E-state index in [1.165, 1.54) is 23.1 Å². The van der Waals surface area contributed by atoms with Crippen molar-refractivity contribution >= 4 is 56.8 Å². The number of aliphatic imine (C=N–C) groups is 2. The molecule has 1 amide bonds. The molecule has 0 bridgehead atoms. The van der Waals surface area contributed by atoms with E-state index in [4.69, 9.17) is 24.4 Å². The first kappa shape index (κ1) is 43.9. The van der Waals surface area contributed by atoms with Crippen molar-refractivity contribution in [2.75, 3.05) is 25.2 Å². The molecular formula is C37H62N4O7S3. The Hall–Kier alpha value is -1.55. The van der Waals surface area contributed by atoms with Crippen LogP contribution in [-0.2, 0) is 25.5 Å². The first-order valence-electron chi connectivity index (χ1n) is 18.4. The Labute approximate surface area is 317 Å². The molecule has 2 aliphatic rings. The summed E-state index contributed by atoms with van der Waals surface area (Å²) in [7, 11) is 1.65. The first-order valence-corrected chi connectivity index (χ1v) is 21.3. The van der Waals surface area contributed by atoms with Crippen LogP contribution in [0, 0.1) is 29.6 Å². The van der Waals surface area contributed by atoms with Crippen molar-refractivity contribution in [3.05, 3.63) is 16.1 Å². The van der Waals surface area contributed by atoms with Gasteiger partial charge < -0.3 is 30.1 Å². The van der Waals surface area contributed by atoms with Crippen LogP contribution in [-0.4, -0.2) is 109 Å². The molecule has 4 N–H and O–H groups in total. The van der Waals surface area contributed by atoms with Crippen molar-refractivity contribution in [3.8, 4) is 0 Å².